The minimum absolute atomic E-state index is 0.294. The maximum atomic E-state index is 5.96. The van der Waals surface area contributed by atoms with Gasteiger partial charge in [-0.3, -0.25) is 4.90 Å². The van der Waals surface area contributed by atoms with Crippen LogP contribution >= 0.6 is 0 Å². The van der Waals surface area contributed by atoms with Gasteiger partial charge in [0.1, 0.15) is 5.76 Å². The largest absolute Gasteiger partial charge is 0.444 e. The summed E-state index contributed by atoms with van der Waals surface area (Å²) in [6, 6.07) is 0.294. The van der Waals surface area contributed by atoms with Crippen LogP contribution in [0.15, 0.2) is 4.42 Å². The molecule has 1 saturated heterocycles. The average molecular weight is 209 g/mol. The number of aryl methyl sites for hydroxylation is 2. The average Bonchev–Trinajstić information content (AvgIpc) is 2.59. The highest BCUT2D eigenvalue weighted by Gasteiger charge is 2.27. The van der Waals surface area contributed by atoms with E-state index in [1.807, 2.05) is 13.8 Å². The van der Waals surface area contributed by atoms with Crippen LogP contribution in [0.1, 0.15) is 24.3 Å². The third-order valence-corrected chi connectivity index (χ3v) is 3.18. The van der Waals surface area contributed by atoms with E-state index < -0.39 is 0 Å². The highest BCUT2D eigenvalue weighted by Crippen LogP contribution is 2.18. The standard InChI is InChI=1S/C11H19N3O/c1-7-4-14(5-10(7)12)6-11-13-8(2)9(3)15-11/h7,10H,4-6,12H2,1-3H3. The van der Waals surface area contributed by atoms with Crippen LogP contribution in [0.25, 0.3) is 0 Å². The first-order valence-electron chi connectivity index (χ1n) is 5.47. The Morgan fingerprint density at radius 2 is 2.20 bits per heavy atom. The molecule has 1 aromatic rings. The summed E-state index contributed by atoms with van der Waals surface area (Å²) >= 11 is 0. The number of aromatic nitrogens is 1. The summed E-state index contributed by atoms with van der Waals surface area (Å²) in [5.41, 5.74) is 6.95. The molecular weight excluding hydrogens is 190 g/mol. The molecule has 0 spiro atoms. The van der Waals surface area contributed by atoms with E-state index >= 15 is 0 Å². The summed E-state index contributed by atoms with van der Waals surface area (Å²) in [7, 11) is 0. The molecule has 0 bridgehead atoms. The molecule has 0 saturated carbocycles. The monoisotopic (exact) mass is 209 g/mol. The van der Waals surface area contributed by atoms with Crippen LogP contribution in [-0.2, 0) is 6.54 Å². The molecule has 0 aromatic carbocycles. The van der Waals surface area contributed by atoms with Gasteiger partial charge in [0.15, 0.2) is 0 Å². The van der Waals surface area contributed by atoms with E-state index in [0.29, 0.717) is 12.0 Å². The zero-order chi connectivity index (χ0) is 11.0. The van der Waals surface area contributed by atoms with Gasteiger partial charge in [0.05, 0.1) is 12.2 Å². The molecule has 2 atom stereocenters. The molecule has 4 heteroatoms. The molecule has 1 aliphatic heterocycles. The SMILES string of the molecule is Cc1nc(CN2CC(C)C(N)C2)oc1C. The highest BCUT2D eigenvalue weighted by atomic mass is 16.4. The maximum absolute atomic E-state index is 5.96. The molecule has 2 unspecified atom stereocenters. The number of rotatable bonds is 2. The lowest BCUT2D eigenvalue weighted by atomic mass is 10.1. The maximum Gasteiger partial charge on any atom is 0.208 e. The lowest BCUT2D eigenvalue weighted by Gasteiger charge is -2.11. The van der Waals surface area contributed by atoms with Gasteiger partial charge < -0.3 is 10.2 Å². The second-order valence-electron chi connectivity index (χ2n) is 4.58. The van der Waals surface area contributed by atoms with Crippen molar-refractivity contribution in [3.8, 4) is 0 Å². The van der Waals surface area contributed by atoms with Crippen molar-refractivity contribution in [2.24, 2.45) is 11.7 Å². The molecular formula is C11H19N3O. The number of hydrogen-bond donors (Lipinski definition) is 1. The zero-order valence-corrected chi connectivity index (χ0v) is 9.66. The fourth-order valence-electron chi connectivity index (χ4n) is 2.02. The summed E-state index contributed by atoms with van der Waals surface area (Å²) in [5.74, 6) is 2.30. The van der Waals surface area contributed by atoms with Crippen molar-refractivity contribution in [2.75, 3.05) is 13.1 Å². The van der Waals surface area contributed by atoms with Crippen molar-refractivity contribution < 1.29 is 4.42 Å². The quantitative estimate of drug-likeness (QED) is 0.791. The molecule has 0 aliphatic carbocycles. The second-order valence-corrected chi connectivity index (χ2v) is 4.58. The fourth-order valence-corrected chi connectivity index (χ4v) is 2.02. The van der Waals surface area contributed by atoms with Gasteiger partial charge in [0.25, 0.3) is 0 Å². The van der Waals surface area contributed by atoms with Crippen molar-refractivity contribution in [3.05, 3.63) is 17.3 Å². The summed E-state index contributed by atoms with van der Waals surface area (Å²) < 4.78 is 5.55. The van der Waals surface area contributed by atoms with Crippen LogP contribution in [0.5, 0.6) is 0 Å². The number of nitrogens with zero attached hydrogens (tertiary/aromatic N) is 2. The molecule has 2 heterocycles. The number of oxazole rings is 1. The van der Waals surface area contributed by atoms with Gasteiger partial charge in [-0.25, -0.2) is 4.98 Å². The number of likely N-dealkylation sites (tertiary alicyclic amines) is 1. The van der Waals surface area contributed by atoms with Crippen molar-refractivity contribution in [1.82, 2.24) is 9.88 Å². The second kappa shape index (κ2) is 3.94. The number of nitrogens with two attached hydrogens (primary N) is 1. The summed E-state index contributed by atoms with van der Waals surface area (Å²) in [5, 5.41) is 0. The van der Waals surface area contributed by atoms with Gasteiger partial charge in [-0.05, 0) is 19.8 Å². The third-order valence-electron chi connectivity index (χ3n) is 3.18. The van der Waals surface area contributed by atoms with Gasteiger partial charge in [-0.15, -0.1) is 0 Å². The zero-order valence-electron chi connectivity index (χ0n) is 9.66. The van der Waals surface area contributed by atoms with Crippen molar-refractivity contribution in [3.63, 3.8) is 0 Å². The van der Waals surface area contributed by atoms with Gasteiger partial charge >= 0.3 is 0 Å². The minimum atomic E-state index is 0.294. The van der Waals surface area contributed by atoms with Crippen LogP contribution in [0.4, 0.5) is 0 Å². The van der Waals surface area contributed by atoms with E-state index in [0.717, 1.165) is 37.0 Å². The van der Waals surface area contributed by atoms with Crippen LogP contribution in [0, 0.1) is 19.8 Å². The van der Waals surface area contributed by atoms with Gasteiger partial charge in [0.2, 0.25) is 5.89 Å². The summed E-state index contributed by atoms with van der Waals surface area (Å²) in [6.07, 6.45) is 0. The lowest BCUT2D eigenvalue weighted by molar-refractivity contribution is 0.279. The first-order valence-corrected chi connectivity index (χ1v) is 5.47. The molecule has 2 rings (SSSR count). The Bertz CT molecular complexity index is 318. The highest BCUT2D eigenvalue weighted by molar-refractivity contribution is 5.05. The third kappa shape index (κ3) is 2.21. The van der Waals surface area contributed by atoms with E-state index in [-0.39, 0.29) is 0 Å². The van der Waals surface area contributed by atoms with Crippen molar-refractivity contribution in [2.45, 2.75) is 33.4 Å². The first kappa shape index (κ1) is 10.6. The molecule has 1 aromatic heterocycles. The Balaban J connectivity index is 1.98. The Kier molecular flexibility index (Phi) is 2.80. The van der Waals surface area contributed by atoms with E-state index in [1.54, 1.807) is 0 Å². The molecule has 1 aliphatic rings. The Hall–Kier alpha value is -0.870. The van der Waals surface area contributed by atoms with E-state index in [1.165, 1.54) is 0 Å². The van der Waals surface area contributed by atoms with Crippen LogP contribution in [-0.4, -0.2) is 29.0 Å². The van der Waals surface area contributed by atoms with Crippen molar-refractivity contribution >= 4 is 0 Å². The topological polar surface area (TPSA) is 55.3 Å². The number of hydrogen-bond acceptors (Lipinski definition) is 4. The Labute approximate surface area is 90.5 Å². The van der Waals surface area contributed by atoms with Gasteiger partial charge in [-0.1, -0.05) is 6.92 Å². The minimum Gasteiger partial charge on any atom is -0.444 e. The van der Waals surface area contributed by atoms with Gasteiger partial charge in [-0.2, -0.15) is 0 Å². The fraction of sp³-hybridized carbons (Fsp3) is 0.727. The van der Waals surface area contributed by atoms with E-state index in [2.05, 4.69) is 16.8 Å². The lowest BCUT2D eigenvalue weighted by Crippen LogP contribution is -2.28. The molecule has 15 heavy (non-hydrogen) atoms. The molecule has 4 nitrogen and oxygen atoms in total. The molecule has 0 amide bonds. The molecule has 1 fully saturated rings. The molecule has 84 valence electrons. The van der Waals surface area contributed by atoms with E-state index in [4.69, 9.17) is 10.2 Å². The smallest absolute Gasteiger partial charge is 0.208 e. The van der Waals surface area contributed by atoms with Crippen molar-refractivity contribution in [1.29, 1.82) is 0 Å². The Morgan fingerprint density at radius 1 is 1.47 bits per heavy atom. The van der Waals surface area contributed by atoms with E-state index in [9.17, 15) is 0 Å². The predicted molar refractivity (Wildman–Crippen MR) is 58.4 cm³/mol. The normalized spacial score (nSPS) is 27.5. The van der Waals surface area contributed by atoms with Gasteiger partial charge in [0, 0.05) is 19.1 Å². The predicted octanol–water partition coefficient (Wildman–Crippen LogP) is 1.07. The molecule has 2 N–H and O–H groups in total. The summed E-state index contributed by atoms with van der Waals surface area (Å²) in [4.78, 5) is 6.68. The van der Waals surface area contributed by atoms with Crippen LogP contribution < -0.4 is 5.73 Å². The first-order chi connectivity index (χ1) is 7.06. The summed E-state index contributed by atoms with van der Waals surface area (Å²) in [6.45, 7) is 8.89. The Morgan fingerprint density at radius 3 is 2.67 bits per heavy atom. The molecule has 0 radical (unpaired) electrons. The van der Waals surface area contributed by atoms with Crippen LogP contribution in [0.3, 0.4) is 0 Å². The van der Waals surface area contributed by atoms with Crippen LogP contribution in [0.2, 0.25) is 0 Å².